The summed E-state index contributed by atoms with van der Waals surface area (Å²) < 4.78 is 19.5. The Balaban J connectivity index is 1.53. The zero-order chi connectivity index (χ0) is 22.4. The fourth-order valence-electron chi connectivity index (χ4n) is 3.76. The maximum atomic E-state index is 15.9. The van der Waals surface area contributed by atoms with Crippen molar-refractivity contribution in [2.24, 2.45) is 5.10 Å². The Kier molecular flexibility index (Phi) is 4.88. The number of hydrogen-bond acceptors (Lipinski definition) is 8. The van der Waals surface area contributed by atoms with E-state index in [0.29, 0.717) is 38.9 Å². The first-order valence-corrected chi connectivity index (χ1v) is 11.9. The number of halogens is 1. The first-order chi connectivity index (χ1) is 16.2. The molecule has 6 rings (SSSR count). The number of pyridine rings is 1. The number of thioether (sulfide) groups is 1. The minimum atomic E-state index is -0.445. The third kappa shape index (κ3) is 3.47. The molecule has 2 aromatic carbocycles. The molecule has 2 N–H and O–H groups in total. The van der Waals surface area contributed by atoms with Gasteiger partial charge < -0.3 is 5.73 Å². The molecule has 5 aromatic rings. The first-order valence-electron chi connectivity index (χ1n) is 10.1. The van der Waals surface area contributed by atoms with Gasteiger partial charge in [0.05, 0.1) is 17.1 Å². The average molecular weight is 474 g/mol. The van der Waals surface area contributed by atoms with E-state index in [1.165, 1.54) is 11.9 Å². The third-order valence-electron chi connectivity index (χ3n) is 5.30. The summed E-state index contributed by atoms with van der Waals surface area (Å²) in [5.74, 6) is 0.530. The number of hydrazone groups is 1. The van der Waals surface area contributed by atoms with Gasteiger partial charge in [0.15, 0.2) is 11.0 Å². The van der Waals surface area contributed by atoms with E-state index < -0.39 is 5.82 Å². The van der Waals surface area contributed by atoms with E-state index in [1.807, 2.05) is 57.3 Å². The molecule has 0 atom stereocenters. The smallest absolute Gasteiger partial charge is 0.195 e. The highest BCUT2D eigenvalue weighted by Crippen LogP contribution is 2.37. The lowest BCUT2D eigenvalue weighted by atomic mass is 10.0. The van der Waals surface area contributed by atoms with Crippen molar-refractivity contribution in [1.82, 2.24) is 23.8 Å². The number of anilines is 1. The van der Waals surface area contributed by atoms with Crippen LogP contribution in [0.15, 0.2) is 77.2 Å². The van der Waals surface area contributed by atoms with E-state index in [1.54, 1.807) is 35.8 Å². The van der Waals surface area contributed by atoms with E-state index in [-0.39, 0.29) is 11.3 Å². The van der Waals surface area contributed by atoms with Crippen LogP contribution in [-0.4, -0.2) is 35.2 Å². The summed E-state index contributed by atoms with van der Waals surface area (Å²) in [5.41, 5.74) is 11.2. The molecular weight excluding hydrogens is 457 g/mol. The van der Waals surface area contributed by atoms with Crippen LogP contribution in [0.3, 0.4) is 0 Å². The van der Waals surface area contributed by atoms with Crippen molar-refractivity contribution < 1.29 is 4.39 Å². The van der Waals surface area contributed by atoms with Crippen LogP contribution in [0.4, 0.5) is 10.2 Å². The van der Waals surface area contributed by atoms with E-state index in [9.17, 15) is 0 Å². The van der Waals surface area contributed by atoms with Crippen LogP contribution in [0, 0.1) is 5.82 Å². The molecule has 0 radical (unpaired) electrons. The molecule has 0 unspecified atom stereocenters. The Morgan fingerprint density at radius 2 is 1.88 bits per heavy atom. The molecule has 10 heteroatoms. The lowest BCUT2D eigenvalue weighted by Gasteiger charge is -2.09. The highest BCUT2D eigenvalue weighted by Gasteiger charge is 2.22. The second-order valence-electron chi connectivity index (χ2n) is 7.30. The number of rotatable bonds is 4. The lowest BCUT2D eigenvalue weighted by molar-refractivity contribution is 0.603. The minimum Gasteiger partial charge on any atom is -0.382 e. The predicted molar refractivity (Wildman–Crippen MR) is 132 cm³/mol. The molecule has 33 heavy (non-hydrogen) atoms. The van der Waals surface area contributed by atoms with Crippen LogP contribution in [-0.2, 0) is 0 Å². The number of imidazole rings is 1. The van der Waals surface area contributed by atoms with Crippen molar-refractivity contribution in [2.45, 2.75) is 5.16 Å². The maximum Gasteiger partial charge on any atom is 0.195 e. The molecule has 0 saturated carbocycles. The van der Waals surface area contributed by atoms with Crippen molar-refractivity contribution in [3.8, 4) is 22.5 Å². The zero-order valence-electron chi connectivity index (χ0n) is 17.1. The molecule has 0 aliphatic carbocycles. The largest absolute Gasteiger partial charge is 0.382 e. The summed E-state index contributed by atoms with van der Waals surface area (Å²) in [6.07, 6.45) is 3.37. The summed E-state index contributed by atoms with van der Waals surface area (Å²) in [4.78, 5) is 13.6. The number of aromatic nitrogens is 4. The van der Waals surface area contributed by atoms with E-state index in [4.69, 9.17) is 10.7 Å². The Labute approximate surface area is 196 Å². The Bertz CT molecular complexity index is 1530. The summed E-state index contributed by atoms with van der Waals surface area (Å²) in [6.45, 7) is 0. The molecule has 162 valence electrons. The molecular formula is C23H16FN7S2. The number of fused-ring (bicyclic) bond motifs is 2. The van der Waals surface area contributed by atoms with Crippen molar-refractivity contribution in [1.29, 1.82) is 0 Å². The van der Waals surface area contributed by atoms with Crippen LogP contribution < -0.4 is 5.73 Å². The van der Waals surface area contributed by atoms with Gasteiger partial charge >= 0.3 is 0 Å². The second kappa shape index (κ2) is 8.05. The molecule has 0 bridgehead atoms. The van der Waals surface area contributed by atoms with Gasteiger partial charge in [-0.25, -0.2) is 23.8 Å². The Morgan fingerprint density at radius 3 is 2.70 bits per heavy atom. The monoisotopic (exact) mass is 473 g/mol. The van der Waals surface area contributed by atoms with E-state index in [0.717, 1.165) is 5.56 Å². The zero-order valence-corrected chi connectivity index (χ0v) is 18.7. The van der Waals surface area contributed by atoms with Crippen LogP contribution in [0.1, 0.15) is 0 Å². The van der Waals surface area contributed by atoms with Crippen LogP contribution in [0.2, 0.25) is 0 Å². The SMILES string of the molecule is Nc1nccn2c(SN3CSC=N3)nc(-c3ccc4ccc(-c5ccccc5)nc4c3F)c12. The number of nitrogens with two attached hydrogens (primary N) is 1. The highest BCUT2D eigenvalue weighted by atomic mass is 32.2. The van der Waals surface area contributed by atoms with Crippen molar-refractivity contribution in [2.75, 3.05) is 11.6 Å². The van der Waals surface area contributed by atoms with Crippen molar-refractivity contribution in [3.05, 3.63) is 72.8 Å². The summed E-state index contributed by atoms with van der Waals surface area (Å²) in [7, 11) is 0. The van der Waals surface area contributed by atoms with Gasteiger partial charge in [-0.2, -0.15) is 5.10 Å². The van der Waals surface area contributed by atoms with Gasteiger partial charge in [0.2, 0.25) is 0 Å². The predicted octanol–water partition coefficient (Wildman–Crippen LogP) is 5.29. The van der Waals surface area contributed by atoms with Crippen molar-refractivity contribution >= 4 is 51.5 Å². The third-order valence-corrected chi connectivity index (χ3v) is 6.98. The first kappa shape index (κ1) is 20.0. The average Bonchev–Trinajstić information content (AvgIpc) is 3.49. The molecule has 1 aliphatic rings. The van der Waals surface area contributed by atoms with Gasteiger partial charge in [-0.15, -0.1) is 0 Å². The van der Waals surface area contributed by atoms with Gasteiger partial charge in [-0.3, -0.25) is 4.40 Å². The van der Waals surface area contributed by atoms with Crippen molar-refractivity contribution in [3.63, 3.8) is 0 Å². The van der Waals surface area contributed by atoms with Gasteiger partial charge in [0.1, 0.15) is 22.5 Å². The fraction of sp³-hybridized carbons (Fsp3) is 0.0435. The second-order valence-corrected chi connectivity index (χ2v) is 9.07. The minimum absolute atomic E-state index is 0.275. The Morgan fingerprint density at radius 1 is 1.03 bits per heavy atom. The maximum absolute atomic E-state index is 15.9. The molecule has 0 spiro atoms. The van der Waals surface area contributed by atoms with E-state index >= 15 is 4.39 Å². The molecule has 4 heterocycles. The summed E-state index contributed by atoms with van der Waals surface area (Å²) in [6, 6.07) is 17.0. The number of hydrogen-bond donors (Lipinski definition) is 1. The summed E-state index contributed by atoms with van der Waals surface area (Å²) >= 11 is 2.95. The quantitative estimate of drug-likeness (QED) is 0.355. The lowest BCUT2D eigenvalue weighted by Crippen LogP contribution is -2.03. The summed E-state index contributed by atoms with van der Waals surface area (Å²) in [5, 5.41) is 5.63. The normalized spacial score (nSPS) is 13.4. The van der Waals surface area contributed by atoms with Gasteiger partial charge in [0.25, 0.3) is 0 Å². The molecule has 3 aromatic heterocycles. The van der Waals surface area contributed by atoms with Gasteiger partial charge in [0, 0.05) is 40.9 Å². The van der Waals surface area contributed by atoms with Crippen LogP contribution >= 0.6 is 23.7 Å². The van der Waals surface area contributed by atoms with Crippen LogP contribution in [0.5, 0.6) is 0 Å². The fourth-order valence-corrected chi connectivity index (χ4v) is 5.31. The van der Waals surface area contributed by atoms with E-state index in [2.05, 4.69) is 15.1 Å². The molecule has 7 nitrogen and oxygen atoms in total. The number of benzene rings is 2. The molecule has 0 saturated heterocycles. The number of nitrogens with zero attached hydrogens (tertiary/aromatic N) is 6. The Hall–Kier alpha value is -3.63. The van der Waals surface area contributed by atoms with Gasteiger partial charge in [-0.05, 0) is 12.1 Å². The molecule has 0 amide bonds. The standard InChI is InChI=1S/C23H16FN7S2/c24-18-16(8-6-15-7-9-17(28-19(15)18)14-4-2-1-3-5-14)20-21-22(25)26-10-11-30(21)23(29-20)33-31-13-32-12-27-31/h1-12H,13H2,(H2,25,26). The van der Waals surface area contributed by atoms with Crippen LogP contribution in [0.25, 0.3) is 38.9 Å². The highest BCUT2D eigenvalue weighted by molar-refractivity contribution is 8.13. The molecule has 0 fully saturated rings. The molecule has 1 aliphatic heterocycles. The van der Waals surface area contributed by atoms with Gasteiger partial charge in [-0.1, -0.05) is 54.2 Å². The number of nitrogen functional groups attached to an aromatic ring is 1. The topological polar surface area (TPSA) is 84.7 Å².